The fraction of sp³-hybridized carbons (Fsp3) is 0.394. The number of halogens is 1. The van der Waals surface area contributed by atoms with Gasteiger partial charge in [0.05, 0.1) is 29.8 Å². The first-order valence-electron chi connectivity index (χ1n) is 14.7. The highest BCUT2D eigenvalue weighted by Crippen LogP contribution is 2.32. The number of nitrogens with one attached hydrogen (secondary N) is 1. The van der Waals surface area contributed by atoms with E-state index < -0.39 is 28.5 Å². The standard InChI is InChI=1S/C33H40ClN3O6S/c1-5-30(33(39)35-25-8-6-7-9-25)36(21-24-12-15-27(42-3)16-13-24)32(38)22-37(26-14-19-31(43-4)29(34)20-26)44(40,41)28-17-10-23(2)11-18-28/h10-20,25,30H,5-9,21-22H2,1-4H3,(H,35,39). The number of carbonyl (C=O) groups is 2. The predicted octanol–water partition coefficient (Wildman–Crippen LogP) is 5.73. The number of carbonyl (C=O) groups excluding carboxylic acids is 2. The van der Waals surface area contributed by atoms with Crippen molar-refractivity contribution in [2.75, 3.05) is 25.1 Å². The van der Waals surface area contributed by atoms with E-state index in [1.165, 1.54) is 30.2 Å². The van der Waals surface area contributed by atoms with Gasteiger partial charge in [-0.2, -0.15) is 0 Å². The number of hydrogen-bond donors (Lipinski definition) is 1. The lowest BCUT2D eigenvalue weighted by Crippen LogP contribution is -2.53. The first kappa shape index (κ1) is 33.1. The summed E-state index contributed by atoms with van der Waals surface area (Å²) >= 11 is 6.41. The van der Waals surface area contributed by atoms with E-state index in [2.05, 4.69) is 5.32 Å². The zero-order valence-corrected chi connectivity index (χ0v) is 27.2. The monoisotopic (exact) mass is 641 g/mol. The van der Waals surface area contributed by atoms with Gasteiger partial charge in [-0.3, -0.25) is 13.9 Å². The molecule has 0 saturated heterocycles. The topological polar surface area (TPSA) is 105 Å². The van der Waals surface area contributed by atoms with Crippen LogP contribution in [-0.4, -0.2) is 58.0 Å². The first-order valence-corrected chi connectivity index (χ1v) is 16.5. The number of benzene rings is 3. The van der Waals surface area contributed by atoms with Crippen molar-refractivity contribution in [3.05, 3.63) is 82.9 Å². The molecule has 1 unspecified atom stereocenters. The fourth-order valence-corrected chi connectivity index (χ4v) is 7.05. The molecule has 0 heterocycles. The maximum Gasteiger partial charge on any atom is 0.264 e. The maximum absolute atomic E-state index is 14.3. The number of nitrogens with zero attached hydrogens (tertiary/aromatic N) is 2. The number of anilines is 1. The minimum absolute atomic E-state index is 0.0237. The van der Waals surface area contributed by atoms with E-state index in [0.29, 0.717) is 17.9 Å². The molecule has 0 aliphatic heterocycles. The summed E-state index contributed by atoms with van der Waals surface area (Å²) in [6.45, 7) is 3.25. The molecule has 11 heteroatoms. The highest BCUT2D eigenvalue weighted by molar-refractivity contribution is 7.92. The van der Waals surface area contributed by atoms with Crippen LogP contribution in [0.3, 0.4) is 0 Å². The average molecular weight is 642 g/mol. The van der Waals surface area contributed by atoms with Gasteiger partial charge in [0.2, 0.25) is 11.8 Å². The zero-order chi connectivity index (χ0) is 31.9. The van der Waals surface area contributed by atoms with Crippen LogP contribution in [0.5, 0.6) is 11.5 Å². The van der Waals surface area contributed by atoms with Gasteiger partial charge >= 0.3 is 0 Å². The van der Waals surface area contributed by atoms with E-state index in [0.717, 1.165) is 41.1 Å². The minimum atomic E-state index is -4.22. The van der Waals surface area contributed by atoms with Gasteiger partial charge in [0.15, 0.2) is 0 Å². The van der Waals surface area contributed by atoms with Crippen LogP contribution in [0.25, 0.3) is 0 Å². The largest absolute Gasteiger partial charge is 0.497 e. The molecule has 9 nitrogen and oxygen atoms in total. The lowest BCUT2D eigenvalue weighted by molar-refractivity contribution is -0.140. The normalized spacial score (nSPS) is 14.1. The van der Waals surface area contributed by atoms with Gasteiger partial charge < -0.3 is 19.7 Å². The molecule has 44 heavy (non-hydrogen) atoms. The molecule has 1 saturated carbocycles. The summed E-state index contributed by atoms with van der Waals surface area (Å²) in [7, 11) is -1.19. The Morgan fingerprint density at radius 2 is 1.64 bits per heavy atom. The van der Waals surface area contributed by atoms with Gasteiger partial charge in [-0.05, 0) is 74.2 Å². The second kappa shape index (κ2) is 14.8. The van der Waals surface area contributed by atoms with Crippen LogP contribution in [-0.2, 0) is 26.2 Å². The number of hydrogen-bond acceptors (Lipinski definition) is 6. The van der Waals surface area contributed by atoms with Gasteiger partial charge in [0, 0.05) is 12.6 Å². The predicted molar refractivity (Wildman–Crippen MR) is 172 cm³/mol. The van der Waals surface area contributed by atoms with Crippen molar-refractivity contribution in [3.63, 3.8) is 0 Å². The van der Waals surface area contributed by atoms with Crippen molar-refractivity contribution in [3.8, 4) is 11.5 Å². The van der Waals surface area contributed by atoms with E-state index >= 15 is 0 Å². The Kier molecular flexibility index (Phi) is 11.2. The average Bonchev–Trinajstić information content (AvgIpc) is 3.53. The molecule has 1 fully saturated rings. The molecule has 1 aliphatic carbocycles. The summed E-state index contributed by atoms with van der Waals surface area (Å²) in [4.78, 5) is 29.4. The quantitative estimate of drug-likeness (QED) is 0.256. The minimum Gasteiger partial charge on any atom is -0.497 e. The number of methoxy groups -OCH3 is 2. The van der Waals surface area contributed by atoms with Gasteiger partial charge in [0.25, 0.3) is 10.0 Å². The summed E-state index contributed by atoms with van der Waals surface area (Å²) in [5, 5.41) is 3.31. The number of amides is 2. The molecule has 3 aromatic rings. The maximum atomic E-state index is 14.3. The van der Waals surface area contributed by atoms with E-state index in [1.54, 1.807) is 43.5 Å². The van der Waals surface area contributed by atoms with Crippen molar-refractivity contribution in [2.45, 2.75) is 69.5 Å². The van der Waals surface area contributed by atoms with E-state index in [1.807, 2.05) is 26.0 Å². The summed E-state index contributed by atoms with van der Waals surface area (Å²) < 4.78 is 39.8. The van der Waals surface area contributed by atoms with Crippen LogP contribution in [0.15, 0.2) is 71.6 Å². The second-order valence-corrected chi connectivity index (χ2v) is 13.2. The molecule has 1 atom stereocenters. The third-order valence-corrected chi connectivity index (χ3v) is 9.99. The molecule has 1 N–H and O–H groups in total. The highest BCUT2D eigenvalue weighted by Gasteiger charge is 2.34. The van der Waals surface area contributed by atoms with Crippen molar-refractivity contribution in [1.82, 2.24) is 10.2 Å². The van der Waals surface area contributed by atoms with Crippen LogP contribution < -0.4 is 19.1 Å². The molecule has 0 radical (unpaired) electrons. The van der Waals surface area contributed by atoms with E-state index in [4.69, 9.17) is 21.1 Å². The van der Waals surface area contributed by atoms with Crippen molar-refractivity contribution in [2.24, 2.45) is 0 Å². The fourth-order valence-electron chi connectivity index (χ4n) is 5.39. The summed E-state index contributed by atoms with van der Waals surface area (Å²) in [6, 6.07) is 17.4. The van der Waals surface area contributed by atoms with Crippen LogP contribution in [0.4, 0.5) is 5.69 Å². The van der Waals surface area contributed by atoms with E-state index in [9.17, 15) is 18.0 Å². The Morgan fingerprint density at radius 3 is 2.20 bits per heavy atom. The molecular formula is C33H40ClN3O6S. The SMILES string of the molecule is CCC(C(=O)NC1CCCC1)N(Cc1ccc(OC)cc1)C(=O)CN(c1ccc(OC)c(Cl)c1)S(=O)(=O)c1ccc(C)cc1. The van der Waals surface area contributed by atoms with E-state index in [-0.39, 0.29) is 34.1 Å². The molecule has 0 bridgehead atoms. The molecule has 4 rings (SSSR count). The smallest absolute Gasteiger partial charge is 0.264 e. The number of sulfonamides is 1. The number of ether oxygens (including phenoxy) is 2. The Hall–Kier alpha value is -3.76. The number of aryl methyl sites for hydroxylation is 1. The second-order valence-electron chi connectivity index (χ2n) is 10.9. The summed E-state index contributed by atoms with van der Waals surface area (Å²) in [6.07, 6.45) is 4.24. The zero-order valence-electron chi connectivity index (χ0n) is 25.6. The molecule has 0 aromatic heterocycles. The van der Waals surface area contributed by atoms with Gasteiger partial charge in [-0.25, -0.2) is 8.42 Å². The van der Waals surface area contributed by atoms with Crippen LogP contribution in [0.1, 0.15) is 50.2 Å². The van der Waals surface area contributed by atoms with Crippen molar-refractivity contribution >= 4 is 39.1 Å². The van der Waals surface area contributed by atoms with Gasteiger partial charge in [0.1, 0.15) is 24.1 Å². The van der Waals surface area contributed by atoms with Crippen molar-refractivity contribution in [1.29, 1.82) is 0 Å². The van der Waals surface area contributed by atoms with Gasteiger partial charge in [-0.1, -0.05) is 61.2 Å². The Labute approximate surface area is 265 Å². The van der Waals surface area contributed by atoms with Crippen LogP contribution in [0, 0.1) is 6.92 Å². The summed E-state index contributed by atoms with van der Waals surface area (Å²) in [5.41, 5.74) is 1.85. The highest BCUT2D eigenvalue weighted by atomic mass is 35.5. The Balaban J connectivity index is 1.73. The Morgan fingerprint density at radius 1 is 0.977 bits per heavy atom. The molecular weight excluding hydrogens is 602 g/mol. The van der Waals surface area contributed by atoms with Gasteiger partial charge in [-0.15, -0.1) is 0 Å². The molecule has 236 valence electrons. The molecule has 3 aromatic carbocycles. The van der Waals surface area contributed by atoms with Crippen molar-refractivity contribution < 1.29 is 27.5 Å². The number of rotatable bonds is 13. The van der Waals surface area contributed by atoms with Crippen LogP contribution in [0.2, 0.25) is 5.02 Å². The lowest BCUT2D eigenvalue weighted by Gasteiger charge is -2.34. The Bertz CT molecular complexity index is 1540. The lowest BCUT2D eigenvalue weighted by atomic mass is 10.1. The van der Waals surface area contributed by atoms with Crippen LogP contribution >= 0.6 is 11.6 Å². The summed E-state index contributed by atoms with van der Waals surface area (Å²) in [5.74, 6) is 0.244. The molecule has 1 aliphatic rings. The first-order chi connectivity index (χ1) is 21.1. The molecule has 2 amide bonds. The molecule has 0 spiro atoms. The third-order valence-electron chi connectivity index (χ3n) is 7.91. The third kappa shape index (κ3) is 7.84.